The number of aromatic nitrogens is 4. The summed E-state index contributed by atoms with van der Waals surface area (Å²) < 4.78 is 0.613. The molecule has 1 aromatic heterocycles. The monoisotopic (exact) mass is 149 g/mol. The van der Waals surface area contributed by atoms with Crippen LogP contribution in [0.1, 0.15) is 0 Å². The largest absolute Gasteiger partial charge is 0.364 e. The van der Waals surface area contributed by atoms with Crippen molar-refractivity contribution in [2.75, 3.05) is 0 Å². The molecule has 0 aliphatic heterocycles. The van der Waals surface area contributed by atoms with E-state index >= 15 is 0 Å². The van der Waals surface area contributed by atoms with Crippen molar-refractivity contribution in [3.63, 3.8) is 0 Å². The van der Waals surface area contributed by atoms with E-state index in [4.69, 9.17) is 0 Å². The standard InChI is InChI=1S/CHBrN4/c2-1-3-5-6-4-1/h(H,3,4,5,6)/p+1. The van der Waals surface area contributed by atoms with Crippen molar-refractivity contribution in [3.8, 4) is 0 Å². The van der Waals surface area contributed by atoms with Crippen LogP contribution in [0, 0.1) is 0 Å². The molecule has 0 unspecified atom stereocenters. The van der Waals surface area contributed by atoms with E-state index in [2.05, 4.69) is 36.6 Å². The third kappa shape index (κ3) is 0.538. The summed E-state index contributed by atoms with van der Waals surface area (Å²) in [6.45, 7) is 0. The van der Waals surface area contributed by atoms with Crippen LogP contribution in [0.15, 0.2) is 4.73 Å². The molecule has 0 saturated carbocycles. The third-order valence-electron chi connectivity index (χ3n) is 0.347. The average molecular weight is 150 g/mol. The van der Waals surface area contributed by atoms with E-state index in [0.29, 0.717) is 4.73 Å². The second kappa shape index (κ2) is 1.34. The Morgan fingerprint density at radius 2 is 2.67 bits per heavy atom. The lowest BCUT2D eigenvalue weighted by Gasteiger charge is -1.49. The molecule has 0 atom stereocenters. The van der Waals surface area contributed by atoms with Crippen LogP contribution in [0.3, 0.4) is 0 Å². The van der Waals surface area contributed by atoms with Crippen LogP contribution in [0.5, 0.6) is 0 Å². The lowest BCUT2D eigenvalue weighted by Crippen LogP contribution is -2.01. The van der Waals surface area contributed by atoms with Gasteiger partial charge in [0.25, 0.3) is 0 Å². The van der Waals surface area contributed by atoms with Gasteiger partial charge in [0.05, 0.1) is 0 Å². The van der Waals surface area contributed by atoms with E-state index in [1.807, 2.05) is 0 Å². The highest BCUT2D eigenvalue weighted by molar-refractivity contribution is 9.10. The molecule has 6 heavy (non-hydrogen) atoms. The highest BCUT2D eigenvalue weighted by Gasteiger charge is 1.93. The van der Waals surface area contributed by atoms with Crippen LogP contribution < -0.4 is 5.10 Å². The van der Waals surface area contributed by atoms with E-state index in [-0.39, 0.29) is 0 Å². The first-order valence-electron chi connectivity index (χ1n) is 1.34. The number of rotatable bonds is 0. The van der Waals surface area contributed by atoms with Gasteiger partial charge in [0.1, 0.15) is 5.10 Å². The zero-order valence-electron chi connectivity index (χ0n) is 2.77. The zero-order chi connectivity index (χ0) is 4.41. The van der Waals surface area contributed by atoms with Gasteiger partial charge in [0.15, 0.2) is 5.21 Å². The summed E-state index contributed by atoms with van der Waals surface area (Å²) in [7, 11) is 0. The van der Waals surface area contributed by atoms with Gasteiger partial charge in [-0.25, -0.2) is 0 Å². The number of halogens is 1. The smallest absolute Gasteiger partial charge is 0.166 e. The number of nitrogens with one attached hydrogen (secondary N) is 2. The zero-order valence-corrected chi connectivity index (χ0v) is 4.36. The Kier molecular flexibility index (Phi) is 0.831. The number of tetrazole rings is 1. The maximum Gasteiger partial charge on any atom is 0.364 e. The molecular weight excluding hydrogens is 148 g/mol. The van der Waals surface area contributed by atoms with Gasteiger partial charge in [-0.1, -0.05) is 5.21 Å². The minimum absolute atomic E-state index is 0.613. The molecule has 0 aliphatic rings. The van der Waals surface area contributed by atoms with Crippen LogP contribution in [-0.4, -0.2) is 15.5 Å². The van der Waals surface area contributed by atoms with Crippen molar-refractivity contribution in [2.45, 2.75) is 0 Å². The van der Waals surface area contributed by atoms with Crippen LogP contribution in [0.2, 0.25) is 0 Å². The van der Waals surface area contributed by atoms with E-state index in [9.17, 15) is 0 Å². The molecule has 0 radical (unpaired) electrons. The Morgan fingerprint density at radius 1 is 1.83 bits per heavy atom. The molecule has 5 heteroatoms. The first kappa shape index (κ1) is 3.73. The topological polar surface area (TPSA) is 55.7 Å². The van der Waals surface area contributed by atoms with Crippen LogP contribution >= 0.6 is 15.9 Å². The summed E-state index contributed by atoms with van der Waals surface area (Å²) in [4.78, 5) is 0. The van der Waals surface area contributed by atoms with Gasteiger partial charge in [0.2, 0.25) is 0 Å². The summed E-state index contributed by atoms with van der Waals surface area (Å²) in [6, 6.07) is 0. The quantitative estimate of drug-likeness (QED) is 0.535. The third-order valence-corrected chi connectivity index (χ3v) is 0.704. The maximum atomic E-state index is 3.47. The molecule has 0 bridgehead atoms. The van der Waals surface area contributed by atoms with E-state index < -0.39 is 0 Å². The van der Waals surface area contributed by atoms with Crippen molar-refractivity contribution in [1.29, 1.82) is 0 Å². The Labute approximate surface area is 42.1 Å². The minimum Gasteiger partial charge on any atom is -0.166 e. The summed E-state index contributed by atoms with van der Waals surface area (Å²) in [5.41, 5.74) is 0. The molecule has 1 aromatic rings. The lowest BCUT2D eigenvalue weighted by atomic mass is 11.4. The van der Waals surface area contributed by atoms with Gasteiger partial charge in [0, 0.05) is 15.9 Å². The van der Waals surface area contributed by atoms with Gasteiger partial charge in [-0.15, -0.1) is 0 Å². The molecule has 0 aromatic carbocycles. The van der Waals surface area contributed by atoms with Gasteiger partial charge < -0.3 is 0 Å². The molecular formula is CH2BrN4+. The highest BCUT2D eigenvalue weighted by Crippen LogP contribution is 1.85. The highest BCUT2D eigenvalue weighted by atomic mass is 79.9. The SMILES string of the molecule is Brc1nn[nH][nH+]1. The van der Waals surface area contributed by atoms with Gasteiger partial charge in [-0.2, -0.15) is 5.10 Å². The average Bonchev–Trinajstić information content (AvgIpc) is 1.86. The molecule has 0 spiro atoms. The maximum absolute atomic E-state index is 3.47. The lowest BCUT2D eigenvalue weighted by molar-refractivity contribution is -0.468. The number of H-pyrrole nitrogens is 2. The first-order chi connectivity index (χ1) is 2.89. The molecule has 1 heterocycles. The van der Waals surface area contributed by atoms with Crippen LogP contribution in [0.25, 0.3) is 0 Å². The van der Waals surface area contributed by atoms with Gasteiger partial charge >= 0.3 is 4.73 Å². The van der Waals surface area contributed by atoms with E-state index in [1.165, 1.54) is 0 Å². The minimum atomic E-state index is 0.613. The number of nitrogens with zero attached hydrogens (tertiary/aromatic N) is 2. The first-order valence-corrected chi connectivity index (χ1v) is 2.13. The van der Waals surface area contributed by atoms with Gasteiger partial charge in [-0.05, 0) is 0 Å². The van der Waals surface area contributed by atoms with Crippen LogP contribution in [-0.2, 0) is 0 Å². The fraction of sp³-hybridized carbons (Fsp3) is 0. The van der Waals surface area contributed by atoms with Crippen molar-refractivity contribution < 1.29 is 5.10 Å². The molecule has 0 amide bonds. The fourth-order valence-corrected chi connectivity index (χ4v) is 0.333. The van der Waals surface area contributed by atoms with Gasteiger partial charge in [-0.3, -0.25) is 0 Å². The fourth-order valence-electron chi connectivity index (χ4n) is 0.165. The van der Waals surface area contributed by atoms with Crippen molar-refractivity contribution in [3.05, 3.63) is 4.73 Å². The van der Waals surface area contributed by atoms with E-state index in [0.717, 1.165) is 0 Å². The molecule has 1 rings (SSSR count). The number of hydrogen-bond acceptors (Lipinski definition) is 2. The van der Waals surface area contributed by atoms with Crippen molar-refractivity contribution in [1.82, 2.24) is 15.5 Å². The summed E-state index contributed by atoms with van der Waals surface area (Å²) in [5.74, 6) is 0. The predicted molar refractivity (Wildman–Crippen MR) is 20.6 cm³/mol. The molecule has 0 fully saturated rings. The number of aromatic amines is 2. The molecule has 4 nitrogen and oxygen atoms in total. The number of hydrogen-bond donors (Lipinski definition) is 1. The summed E-state index contributed by atoms with van der Waals surface area (Å²) in [6.07, 6.45) is 0. The normalized spacial score (nSPS) is 8.83. The predicted octanol–water partition coefficient (Wildman–Crippen LogP) is -0.619. The Balaban J connectivity index is 3.05. The summed E-state index contributed by atoms with van der Waals surface area (Å²) >= 11 is 3.02. The Morgan fingerprint density at radius 3 is 2.83 bits per heavy atom. The van der Waals surface area contributed by atoms with Crippen molar-refractivity contribution >= 4 is 15.9 Å². The summed E-state index contributed by atoms with van der Waals surface area (Å²) in [5, 5.41) is 11.8. The molecule has 2 N–H and O–H groups in total. The van der Waals surface area contributed by atoms with Crippen LogP contribution in [0.4, 0.5) is 0 Å². The second-order valence-corrected chi connectivity index (χ2v) is 1.48. The molecule has 0 saturated heterocycles. The van der Waals surface area contributed by atoms with E-state index in [1.54, 1.807) is 0 Å². The van der Waals surface area contributed by atoms with Crippen molar-refractivity contribution in [2.24, 2.45) is 0 Å². The molecule has 32 valence electrons. The Bertz CT molecular complexity index is 111. The second-order valence-electron chi connectivity index (χ2n) is 0.728. The molecule has 0 aliphatic carbocycles. The Hall–Kier alpha value is -0.450.